The van der Waals surface area contributed by atoms with Crippen molar-refractivity contribution in [1.29, 1.82) is 0 Å². The number of esters is 1. The fraction of sp³-hybridized carbons (Fsp3) is 0.850. The Kier molecular flexibility index (Phi) is 4.31. The molecule has 0 aromatic heterocycles. The van der Waals surface area contributed by atoms with Crippen LogP contribution in [0.4, 0.5) is 0 Å². The highest BCUT2D eigenvalue weighted by Gasteiger charge is 2.57. The van der Waals surface area contributed by atoms with Crippen LogP contribution in [0.5, 0.6) is 0 Å². The number of ether oxygens (including phenoxy) is 1. The van der Waals surface area contributed by atoms with Crippen molar-refractivity contribution in [2.45, 2.75) is 69.3 Å². The van der Waals surface area contributed by atoms with Crippen LogP contribution >= 0.6 is 23.5 Å². The van der Waals surface area contributed by atoms with Crippen LogP contribution in [0.15, 0.2) is 11.1 Å². The van der Waals surface area contributed by atoms with Gasteiger partial charge in [0.15, 0.2) is 0 Å². The average molecular weight is 367 g/mol. The van der Waals surface area contributed by atoms with Gasteiger partial charge in [0.1, 0.15) is 0 Å². The Bertz CT molecular complexity index is 578. The molecular formula is C20H30O2S2. The van der Waals surface area contributed by atoms with Gasteiger partial charge in [0.2, 0.25) is 0 Å². The summed E-state index contributed by atoms with van der Waals surface area (Å²) < 4.78 is 5.73. The number of rotatable bonds is 1. The van der Waals surface area contributed by atoms with E-state index in [0.29, 0.717) is 10.00 Å². The number of carbonyl (C=O) groups excluding carboxylic acids is 1. The van der Waals surface area contributed by atoms with Crippen molar-refractivity contribution in [2.24, 2.45) is 16.7 Å². The molecule has 134 valence electrons. The first-order valence-electron chi connectivity index (χ1n) is 9.51. The number of allylic oxidation sites excluding steroid dienone is 2. The highest BCUT2D eigenvalue weighted by Crippen LogP contribution is 2.65. The normalized spacial score (nSPS) is 41.0. The number of thioether (sulfide) groups is 2. The molecule has 2 fully saturated rings. The Balaban J connectivity index is 1.68. The van der Waals surface area contributed by atoms with Gasteiger partial charge in [-0.25, -0.2) is 0 Å². The topological polar surface area (TPSA) is 26.3 Å². The van der Waals surface area contributed by atoms with Gasteiger partial charge in [0, 0.05) is 11.5 Å². The van der Waals surface area contributed by atoms with Gasteiger partial charge in [-0.2, -0.15) is 0 Å². The minimum Gasteiger partial charge on any atom is -0.469 e. The van der Waals surface area contributed by atoms with Crippen molar-refractivity contribution in [3.63, 3.8) is 0 Å². The fourth-order valence-corrected chi connectivity index (χ4v) is 9.64. The molecule has 0 aromatic rings. The first-order valence-corrected chi connectivity index (χ1v) is 11.5. The largest absolute Gasteiger partial charge is 0.469 e. The van der Waals surface area contributed by atoms with Gasteiger partial charge in [0.05, 0.1) is 16.6 Å². The van der Waals surface area contributed by atoms with Crippen molar-refractivity contribution in [3.05, 3.63) is 11.1 Å². The summed E-state index contributed by atoms with van der Waals surface area (Å²) in [7, 11) is 1.56. The molecule has 0 amide bonds. The number of hydrogen-bond acceptors (Lipinski definition) is 4. The molecule has 24 heavy (non-hydrogen) atoms. The molecule has 0 radical (unpaired) electrons. The maximum absolute atomic E-state index is 12.6. The van der Waals surface area contributed by atoms with Crippen LogP contribution in [0, 0.1) is 16.7 Å². The van der Waals surface area contributed by atoms with Crippen molar-refractivity contribution < 1.29 is 9.53 Å². The quantitative estimate of drug-likeness (QED) is 0.457. The van der Waals surface area contributed by atoms with Crippen molar-refractivity contribution in [2.75, 3.05) is 18.6 Å². The van der Waals surface area contributed by atoms with E-state index in [1.165, 1.54) is 50.0 Å². The standard InChI is InChI=1S/C20H30O2S2/c1-18-8-4-9-19(2,17(21)22-3)16(18)6-5-14-13-20(10-7-15(14)18)23-11-12-24-20/h16H,4-13H2,1-3H3/t16-,18+,19+/m1/s1. The number of carbonyl (C=O) groups is 1. The second kappa shape index (κ2) is 5.97. The first-order chi connectivity index (χ1) is 11.4. The van der Waals surface area contributed by atoms with Crippen molar-refractivity contribution in [1.82, 2.24) is 0 Å². The van der Waals surface area contributed by atoms with Crippen LogP contribution in [0.25, 0.3) is 0 Å². The van der Waals surface area contributed by atoms with E-state index in [0.717, 1.165) is 12.8 Å². The molecule has 1 aliphatic heterocycles. The molecule has 0 aromatic carbocycles. The van der Waals surface area contributed by atoms with Gasteiger partial charge in [-0.15, -0.1) is 23.5 Å². The highest BCUT2D eigenvalue weighted by molar-refractivity contribution is 8.21. The molecule has 4 aliphatic rings. The van der Waals surface area contributed by atoms with Crippen LogP contribution < -0.4 is 0 Å². The van der Waals surface area contributed by atoms with Gasteiger partial charge < -0.3 is 4.74 Å². The number of methoxy groups -OCH3 is 1. The lowest BCUT2D eigenvalue weighted by atomic mass is 9.48. The lowest BCUT2D eigenvalue weighted by Gasteiger charge is -2.56. The third-order valence-corrected chi connectivity index (χ3v) is 11.0. The maximum Gasteiger partial charge on any atom is 0.311 e. The van der Waals surface area contributed by atoms with E-state index in [-0.39, 0.29) is 16.8 Å². The minimum absolute atomic E-state index is 0.0247. The van der Waals surface area contributed by atoms with Crippen LogP contribution in [-0.4, -0.2) is 28.7 Å². The summed E-state index contributed by atoms with van der Waals surface area (Å²) in [6.07, 6.45) is 9.70. The van der Waals surface area contributed by atoms with Gasteiger partial charge >= 0.3 is 5.97 Å². The monoisotopic (exact) mass is 366 g/mol. The minimum atomic E-state index is -0.285. The molecule has 1 heterocycles. The summed E-state index contributed by atoms with van der Waals surface area (Å²) in [5, 5.41) is 0. The lowest BCUT2D eigenvalue weighted by molar-refractivity contribution is -0.163. The molecular weight excluding hydrogens is 336 g/mol. The Labute approximate surface area is 154 Å². The van der Waals surface area contributed by atoms with E-state index in [4.69, 9.17) is 4.74 Å². The molecule has 3 atom stereocenters. The van der Waals surface area contributed by atoms with Gasteiger partial charge in [-0.3, -0.25) is 4.79 Å². The zero-order chi connectivity index (χ0) is 17.0. The van der Waals surface area contributed by atoms with Gasteiger partial charge in [0.25, 0.3) is 0 Å². The third-order valence-electron chi connectivity index (χ3n) is 7.49. The molecule has 4 rings (SSSR count). The Morgan fingerprint density at radius 2 is 1.88 bits per heavy atom. The molecule has 1 spiro atoms. The van der Waals surface area contributed by atoms with E-state index in [1.54, 1.807) is 18.3 Å². The molecule has 0 N–H and O–H groups in total. The lowest BCUT2D eigenvalue weighted by Crippen LogP contribution is -2.51. The predicted octanol–water partition coefficient (Wildman–Crippen LogP) is 5.42. The number of fused-ring (bicyclic) bond motifs is 2. The van der Waals surface area contributed by atoms with E-state index < -0.39 is 0 Å². The Morgan fingerprint density at radius 1 is 1.12 bits per heavy atom. The summed E-state index contributed by atoms with van der Waals surface area (Å²) >= 11 is 4.43. The molecule has 0 unspecified atom stereocenters. The van der Waals surface area contributed by atoms with Crippen molar-refractivity contribution >= 4 is 29.5 Å². The van der Waals surface area contributed by atoms with E-state index >= 15 is 0 Å². The average Bonchev–Trinajstić information content (AvgIpc) is 3.01. The summed E-state index contributed by atoms with van der Waals surface area (Å²) in [4.78, 5) is 12.6. The summed E-state index contributed by atoms with van der Waals surface area (Å²) in [6.45, 7) is 4.65. The van der Waals surface area contributed by atoms with E-state index in [1.807, 2.05) is 0 Å². The Morgan fingerprint density at radius 3 is 2.58 bits per heavy atom. The van der Waals surface area contributed by atoms with Crippen LogP contribution in [0.2, 0.25) is 0 Å². The fourth-order valence-electron chi connectivity index (χ4n) is 6.35. The highest BCUT2D eigenvalue weighted by atomic mass is 32.2. The van der Waals surface area contributed by atoms with E-state index in [9.17, 15) is 4.79 Å². The zero-order valence-corrected chi connectivity index (χ0v) is 16.9. The summed E-state index contributed by atoms with van der Waals surface area (Å²) in [5.41, 5.74) is 3.44. The second-order valence-electron chi connectivity index (χ2n) is 8.64. The zero-order valence-electron chi connectivity index (χ0n) is 15.3. The third kappa shape index (κ3) is 2.42. The SMILES string of the molecule is COC(=O)[C@@]1(C)CCC[C@@]2(C)C3=C(CC[C@H]21)CC1(CC3)SCCS1. The number of hydrogen-bond donors (Lipinski definition) is 0. The van der Waals surface area contributed by atoms with Crippen LogP contribution in [0.3, 0.4) is 0 Å². The molecule has 4 heteroatoms. The summed E-state index contributed by atoms with van der Waals surface area (Å²) in [5.74, 6) is 3.14. The van der Waals surface area contributed by atoms with Crippen LogP contribution in [0.1, 0.15) is 65.2 Å². The Hall–Kier alpha value is -0.0900. The van der Waals surface area contributed by atoms with Gasteiger partial charge in [-0.1, -0.05) is 24.5 Å². The molecule has 3 aliphatic carbocycles. The predicted molar refractivity (Wildman–Crippen MR) is 103 cm³/mol. The maximum atomic E-state index is 12.6. The molecule has 1 saturated heterocycles. The summed E-state index contributed by atoms with van der Waals surface area (Å²) in [6, 6.07) is 0. The smallest absolute Gasteiger partial charge is 0.311 e. The first kappa shape index (κ1) is 17.3. The molecule has 2 nitrogen and oxygen atoms in total. The van der Waals surface area contributed by atoms with E-state index in [2.05, 4.69) is 37.4 Å². The second-order valence-corrected chi connectivity index (χ2v) is 11.9. The molecule has 0 bridgehead atoms. The van der Waals surface area contributed by atoms with Crippen molar-refractivity contribution in [3.8, 4) is 0 Å². The van der Waals surface area contributed by atoms with Crippen LogP contribution in [-0.2, 0) is 9.53 Å². The molecule has 1 saturated carbocycles. The van der Waals surface area contributed by atoms with Gasteiger partial charge in [-0.05, 0) is 63.2 Å².